The Morgan fingerprint density at radius 1 is 0.919 bits per heavy atom. The zero-order valence-electron chi connectivity index (χ0n) is 21.4. The lowest BCUT2D eigenvalue weighted by molar-refractivity contribution is -0.122. The van der Waals surface area contributed by atoms with Crippen molar-refractivity contribution in [3.63, 3.8) is 0 Å². The molecule has 1 aliphatic heterocycles. The molecule has 6 nitrogen and oxygen atoms in total. The van der Waals surface area contributed by atoms with Gasteiger partial charge in [0, 0.05) is 16.8 Å². The second-order valence-electron chi connectivity index (χ2n) is 9.52. The molecule has 1 atom stereocenters. The monoisotopic (exact) mass is 491 g/mol. The minimum Gasteiger partial charge on any atom is -0.317 e. The van der Waals surface area contributed by atoms with Crippen LogP contribution < -0.4 is 10.2 Å². The lowest BCUT2D eigenvalue weighted by Gasteiger charge is -2.26. The number of amides is 4. The van der Waals surface area contributed by atoms with E-state index in [1.807, 2.05) is 50.2 Å². The molecule has 1 saturated heterocycles. The van der Waals surface area contributed by atoms with Gasteiger partial charge in [-0.2, -0.15) is 0 Å². The maximum absolute atomic E-state index is 13.4. The van der Waals surface area contributed by atoms with E-state index in [-0.39, 0.29) is 5.57 Å². The average molecular weight is 492 g/mol. The fourth-order valence-corrected chi connectivity index (χ4v) is 4.94. The number of carbonyl (C=O) groups excluding carboxylic acids is 3. The predicted octanol–water partition coefficient (Wildman–Crippen LogP) is 6.43. The number of hydrogen-bond donors (Lipinski definition) is 1. The van der Waals surface area contributed by atoms with Gasteiger partial charge in [0.05, 0.1) is 11.4 Å². The molecule has 4 aromatic rings. The summed E-state index contributed by atoms with van der Waals surface area (Å²) in [6.07, 6.45) is 2.57. The lowest BCUT2D eigenvalue weighted by atomic mass is 9.98. The van der Waals surface area contributed by atoms with Gasteiger partial charge in [0.15, 0.2) is 0 Å². The van der Waals surface area contributed by atoms with E-state index in [1.165, 1.54) is 0 Å². The van der Waals surface area contributed by atoms with Gasteiger partial charge in [-0.1, -0.05) is 62.4 Å². The predicted molar refractivity (Wildman–Crippen MR) is 147 cm³/mol. The van der Waals surface area contributed by atoms with E-state index in [1.54, 1.807) is 18.2 Å². The van der Waals surface area contributed by atoms with Crippen LogP contribution in [0.25, 0.3) is 22.5 Å². The van der Waals surface area contributed by atoms with Crippen molar-refractivity contribution in [3.8, 4) is 5.69 Å². The van der Waals surface area contributed by atoms with Gasteiger partial charge in [0.1, 0.15) is 5.57 Å². The molecular formula is C31H29N3O3. The van der Waals surface area contributed by atoms with Gasteiger partial charge in [0.25, 0.3) is 11.8 Å². The highest BCUT2D eigenvalue weighted by atomic mass is 16.2. The molecule has 0 bridgehead atoms. The molecule has 6 heteroatoms. The summed E-state index contributed by atoms with van der Waals surface area (Å²) in [5, 5.41) is 4.56. The summed E-state index contributed by atoms with van der Waals surface area (Å²) in [4.78, 5) is 39.9. The van der Waals surface area contributed by atoms with E-state index in [0.29, 0.717) is 11.6 Å². The molecule has 1 fully saturated rings. The first-order valence-corrected chi connectivity index (χ1v) is 12.5. The minimum atomic E-state index is -0.746. The van der Waals surface area contributed by atoms with Gasteiger partial charge in [-0.15, -0.1) is 0 Å². The molecule has 0 saturated carbocycles. The molecule has 5 rings (SSSR count). The lowest BCUT2D eigenvalue weighted by Crippen LogP contribution is -2.54. The van der Waals surface area contributed by atoms with Crippen LogP contribution in [0, 0.1) is 13.8 Å². The zero-order chi connectivity index (χ0) is 26.3. The quantitative estimate of drug-likeness (QED) is 0.258. The number of aromatic nitrogens is 1. The number of fused-ring (bicyclic) bond motifs is 1. The molecule has 186 valence electrons. The van der Waals surface area contributed by atoms with Gasteiger partial charge >= 0.3 is 6.03 Å². The largest absolute Gasteiger partial charge is 0.335 e. The van der Waals surface area contributed by atoms with Crippen LogP contribution in [-0.4, -0.2) is 22.4 Å². The standard InChI is InChI=1S/C31H29N3O3/c1-5-19(2)22-13-15-25(16-14-22)34-30(36)27(29(35)32-31(34)37)18-24-17-20(3)33(21(24)4)28-12-8-10-23-9-6-7-11-26(23)28/h6-19H,5H2,1-4H3,(H,32,35,37). The van der Waals surface area contributed by atoms with Gasteiger partial charge < -0.3 is 4.57 Å². The van der Waals surface area contributed by atoms with E-state index in [2.05, 4.69) is 48.0 Å². The first-order valence-electron chi connectivity index (χ1n) is 12.5. The summed E-state index contributed by atoms with van der Waals surface area (Å²) < 4.78 is 2.12. The van der Waals surface area contributed by atoms with Crippen LogP contribution in [0.4, 0.5) is 10.5 Å². The number of urea groups is 1. The van der Waals surface area contributed by atoms with Crippen LogP contribution in [0.15, 0.2) is 78.4 Å². The average Bonchev–Trinajstić information content (AvgIpc) is 3.18. The van der Waals surface area contributed by atoms with Crippen molar-refractivity contribution in [2.75, 3.05) is 4.90 Å². The number of aryl methyl sites for hydroxylation is 1. The normalized spacial score (nSPS) is 15.9. The molecule has 1 aromatic heterocycles. The first-order chi connectivity index (χ1) is 17.8. The third-order valence-corrected chi connectivity index (χ3v) is 7.21. The van der Waals surface area contributed by atoms with Crippen LogP contribution in [-0.2, 0) is 9.59 Å². The topological polar surface area (TPSA) is 71.4 Å². The summed E-state index contributed by atoms with van der Waals surface area (Å²) in [6.45, 7) is 8.19. The maximum Gasteiger partial charge on any atom is 0.335 e. The number of nitrogens with one attached hydrogen (secondary N) is 1. The fraction of sp³-hybridized carbons (Fsp3) is 0.194. The zero-order valence-corrected chi connectivity index (χ0v) is 21.4. The highest BCUT2D eigenvalue weighted by Crippen LogP contribution is 2.30. The van der Waals surface area contributed by atoms with Crippen molar-refractivity contribution in [1.82, 2.24) is 9.88 Å². The number of benzene rings is 3. The number of hydrogen-bond acceptors (Lipinski definition) is 3. The minimum absolute atomic E-state index is 0.0798. The van der Waals surface area contributed by atoms with E-state index in [0.717, 1.165) is 50.3 Å². The number of imide groups is 2. The SMILES string of the molecule is CCC(C)c1ccc(N2C(=O)NC(=O)C(=Cc3cc(C)n(-c4cccc5ccccc45)c3C)C2=O)cc1. The van der Waals surface area contributed by atoms with Gasteiger partial charge in [-0.3, -0.25) is 14.9 Å². The van der Waals surface area contributed by atoms with Crippen molar-refractivity contribution >= 4 is 40.4 Å². The molecule has 1 N–H and O–H groups in total. The summed E-state index contributed by atoms with van der Waals surface area (Å²) in [5.41, 5.74) is 5.10. The summed E-state index contributed by atoms with van der Waals surface area (Å²) in [5.74, 6) is -0.966. The molecule has 0 spiro atoms. The maximum atomic E-state index is 13.4. The number of nitrogens with zero attached hydrogens (tertiary/aromatic N) is 2. The molecule has 1 aliphatic rings. The van der Waals surface area contributed by atoms with Gasteiger partial charge in [0.2, 0.25) is 0 Å². The van der Waals surface area contributed by atoms with Crippen molar-refractivity contribution in [2.24, 2.45) is 0 Å². The molecule has 0 radical (unpaired) electrons. The van der Waals surface area contributed by atoms with Crippen LogP contribution in [0.1, 0.15) is 48.7 Å². The number of barbiturate groups is 1. The van der Waals surface area contributed by atoms with E-state index in [4.69, 9.17) is 0 Å². The van der Waals surface area contributed by atoms with Crippen LogP contribution in [0.3, 0.4) is 0 Å². The van der Waals surface area contributed by atoms with E-state index in [9.17, 15) is 14.4 Å². The molecule has 37 heavy (non-hydrogen) atoms. The third kappa shape index (κ3) is 4.25. The van der Waals surface area contributed by atoms with Crippen LogP contribution in [0.2, 0.25) is 0 Å². The molecule has 0 aliphatic carbocycles. The van der Waals surface area contributed by atoms with Gasteiger partial charge in [-0.25, -0.2) is 9.69 Å². The Morgan fingerprint density at radius 3 is 2.35 bits per heavy atom. The Labute approximate surface area is 216 Å². The third-order valence-electron chi connectivity index (χ3n) is 7.21. The summed E-state index contributed by atoms with van der Waals surface area (Å²) in [6, 6.07) is 22.9. The Balaban J connectivity index is 1.54. The van der Waals surface area contributed by atoms with Gasteiger partial charge in [-0.05, 0) is 73.0 Å². The highest BCUT2D eigenvalue weighted by molar-refractivity contribution is 6.39. The van der Waals surface area contributed by atoms with Crippen molar-refractivity contribution < 1.29 is 14.4 Å². The Bertz CT molecular complexity index is 1570. The first kappa shape index (κ1) is 24.3. The van der Waals surface area contributed by atoms with E-state index < -0.39 is 17.8 Å². The van der Waals surface area contributed by atoms with Crippen molar-refractivity contribution in [2.45, 2.75) is 40.0 Å². The Morgan fingerprint density at radius 2 is 1.62 bits per heavy atom. The molecule has 1 unspecified atom stereocenters. The number of anilines is 1. The Hall–Kier alpha value is -4.45. The van der Waals surface area contributed by atoms with Crippen molar-refractivity contribution in [3.05, 3.63) is 101 Å². The summed E-state index contributed by atoms with van der Waals surface area (Å²) in [7, 11) is 0. The highest BCUT2D eigenvalue weighted by Gasteiger charge is 2.37. The fourth-order valence-electron chi connectivity index (χ4n) is 4.94. The molecular weight excluding hydrogens is 462 g/mol. The molecule has 4 amide bonds. The second-order valence-corrected chi connectivity index (χ2v) is 9.52. The van der Waals surface area contributed by atoms with Crippen molar-refractivity contribution in [1.29, 1.82) is 0 Å². The van der Waals surface area contributed by atoms with Crippen LogP contribution >= 0.6 is 0 Å². The summed E-state index contributed by atoms with van der Waals surface area (Å²) >= 11 is 0. The molecule has 2 heterocycles. The van der Waals surface area contributed by atoms with E-state index >= 15 is 0 Å². The number of rotatable bonds is 5. The van der Waals surface area contributed by atoms with Crippen LogP contribution in [0.5, 0.6) is 0 Å². The Kier molecular flexibility index (Phi) is 6.25. The smallest absolute Gasteiger partial charge is 0.317 e. The molecule has 3 aromatic carbocycles. The number of carbonyl (C=O) groups is 3. The second kappa shape index (κ2) is 9.54.